The molecule has 7 heteroatoms. The van der Waals surface area contributed by atoms with Gasteiger partial charge in [-0.25, -0.2) is 14.0 Å². The van der Waals surface area contributed by atoms with Crippen LogP contribution in [0.25, 0.3) is 0 Å². The predicted molar refractivity (Wildman–Crippen MR) is 93.6 cm³/mol. The molecule has 0 N–H and O–H groups in total. The largest absolute Gasteiger partial charge is 0.458 e. The molecule has 2 aliphatic carbocycles. The van der Waals surface area contributed by atoms with Crippen LogP contribution >= 0.6 is 0 Å². The molecule has 0 saturated heterocycles. The predicted octanol–water partition coefficient (Wildman–Crippen LogP) is 4.74. The molecule has 0 amide bonds. The van der Waals surface area contributed by atoms with Gasteiger partial charge in [-0.15, -0.1) is 0 Å². The monoisotopic (exact) mass is 388 g/mol. The first-order chi connectivity index (χ1) is 12.3. The van der Waals surface area contributed by atoms with Crippen LogP contribution < -0.4 is 0 Å². The maximum absolute atomic E-state index is 12.8. The summed E-state index contributed by atoms with van der Waals surface area (Å²) >= 11 is 0. The highest BCUT2D eigenvalue weighted by atomic mass is 19.3. The van der Waals surface area contributed by atoms with E-state index in [0.717, 1.165) is 19.3 Å². The lowest BCUT2D eigenvalue weighted by Gasteiger charge is -2.38. The Morgan fingerprint density at radius 1 is 1.11 bits per heavy atom. The second-order valence-electron chi connectivity index (χ2n) is 8.36. The summed E-state index contributed by atoms with van der Waals surface area (Å²) in [5.41, 5.74) is 0.102. The van der Waals surface area contributed by atoms with Crippen molar-refractivity contribution in [1.82, 2.24) is 0 Å². The van der Waals surface area contributed by atoms with E-state index in [4.69, 9.17) is 4.74 Å². The van der Waals surface area contributed by atoms with Gasteiger partial charge < -0.3 is 9.47 Å². The number of halogens is 3. The van der Waals surface area contributed by atoms with Gasteiger partial charge in [0.1, 0.15) is 6.10 Å². The van der Waals surface area contributed by atoms with Gasteiger partial charge in [0.15, 0.2) is 6.67 Å². The second-order valence-corrected chi connectivity index (χ2v) is 8.36. The number of hydrogen-bond acceptors (Lipinski definition) is 4. The molecule has 152 valence electrons. The summed E-state index contributed by atoms with van der Waals surface area (Å²) in [6, 6.07) is 0. The van der Waals surface area contributed by atoms with Crippen LogP contribution in [-0.4, -0.2) is 30.8 Å². The number of ether oxygens (including phenoxy) is 2. The van der Waals surface area contributed by atoms with Crippen LogP contribution in [-0.2, 0) is 19.1 Å². The quantitative estimate of drug-likeness (QED) is 0.375. The van der Waals surface area contributed by atoms with Crippen LogP contribution in [0.2, 0.25) is 0 Å². The molecule has 0 aliphatic heterocycles. The Kier molecular flexibility index (Phi) is 5.83. The lowest BCUT2D eigenvalue weighted by Crippen LogP contribution is -2.38. The standard InChI is InChI=1S/C20H27F3O4/c1-12(6-7-13(2)17(25)27-20(22,23)11-21)16(24)26-15-10-14-8-9-19(15,5)18(14,3)4/h6-7,14-15H,8-11H2,1-5H3/b12-6+,13-7+. The zero-order valence-corrected chi connectivity index (χ0v) is 16.4. The molecule has 0 radical (unpaired) electrons. The van der Waals surface area contributed by atoms with Gasteiger partial charge in [-0.05, 0) is 44.4 Å². The molecule has 0 heterocycles. The third kappa shape index (κ3) is 4.06. The molecule has 2 bridgehead atoms. The van der Waals surface area contributed by atoms with E-state index in [9.17, 15) is 22.8 Å². The summed E-state index contributed by atoms with van der Waals surface area (Å²) in [5.74, 6) is -1.33. The number of esters is 2. The molecule has 0 aromatic rings. The Morgan fingerprint density at radius 2 is 1.67 bits per heavy atom. The summed E-state index contributed by atoms with van der Waals surface area (Å²) < 4.78 is 47.0. The van der Waals surface area contributed by atoms with Crippen LogP contribution in [0.15, 0.2) is 23.3 Å². The normalized spacial score (nSPS) is 30.4. The van der Waals surface area contributed by atoms with Crippen molar-refractivity contribution < 1.29 is 32.2 Å². The highest BCUT2D eigenvalue weighted by molar-refractivity contribution is 5.90. The number of allylic oxidation sites excluding steroid dienone is 2. The van der Waals surface area contributed by atoms with Gasteiger partial charge in [0.25, 0.3) is 0 Å². The number of carbonyl (C=O) groups is 2. The van der Waals surface area contributed by atoms with Crippen molar-refractivity contribution in [1.29, 1.82) is 0 Å². The molecule has 4 nitrogen and oxygen atoms in total. The van der Waals surface area contributed by atoms with Crippen LogP contribution in [0.1, 0.15) is 53.9 Å². The Hall–Kier alpha value is -1.79. The lowest BCUT2D eigenvalue weighted by molar-refractivity contribution is -0.235. The second kappa shape index (κ2) is 7.32. The smallest absolute Gasteiger partial charge is 0.429 e. The molecule has 2 rings (SSSR count). The third-order valence-electron chi connectivity index (χ3n) is 6.59. The molecule has 0 aromatic carbocycles. The van der Waals surface area contributed by atoms with Crippen molar-refractivity contribution >= 4 is 11.9 Å². The molecule has 2 fully saturated rings. The highest BCUT2D eigenvalue weighted by Crippen LogP contribution is 2.66. The van der Waals surface area contributed by atoms with E-state index >= 15 is 0 Å². The fourth-order valence-corrected chi connectivity index (χ4v) is 4.16. The van der Waals surface area contributed by atoms with Gasteiger partial charge in [0, 0.05) is 16.6 Å². The van der Waals surface area contributed by atoms with Crippen LogP contribution in [0.5, 0.6) is 0 Å². The lowest BCUT2D eigenvalue weighted by atomic mass is 9.70. The number of fused-ring (bicyclic) bond motifs is 2. The van der Waals surface area contributed by atoms with Crippen molar-refractivity contribution in [2.75, 3.05) is 6.67 Å². The zero-order chi connectivity index (χ0) is 20.6. The fraction of sp³-hybridized carbons (Fsp3) is 0.700. The number of alkyl halides is 3. The molecule has 27 heavy (non-hydrogen) atoms. The fourth-order valence-electron chi connectivity index (χ4n) is 4.16. The average Bonchev–Trinajstić information content (AvgIpc) is 2.92. The van der Waals surface area contributed by atoms with E-state index in [2.05, 4.69) is 25.5 Å². The van der Waals surface area contributed by atoms with E-state index < -0.39 is 24.7 Å². The van der Waals surface area contributed by atoms with Crippen molar-refractivity contribution in [3.05, 3.63) is 23.3 Å². The minimum atomic E-state index is -4.16. The van der Waals surface area contributed by atoms with E-state index in [0.29, 0.717) is 5.92 Å². The van der Waals surface area contributed by atoms with Crippen LogP contribution in [0, 0.1) is 16.7 Å². The van der Waals surface area contributed by atoms with Crippen molar-refractivity contribution in [2.45, 2.75) is 66.1 Å². The number of rotatable bonds is 6. The summed E-state index contributed by atoms with van der Waals surface area (Å²) in [6.45, 7) is 7.25. The SMILES string of the molecule is C/C(=C\C=C(/C)C(=O)OC(F)(F)CF)C(=O)OC1CC2CCC1(C)C2(C)C. The zero-order valence-electron chi connectivity index (χ0n) is 16.4. The minimum absolute atomic E-state index is 0.0683. The number of carbonyl (C=O) groups excluding carboxylic acids is 2. The van der Waals surface area contributed by atoms with Crippen molar-refractivity contribution in [2.24, 2.45) is 16.7 Å². The molecule has 2 aliphatic rings. The molecule has 0 spiro atoms. The first-order valence-corrected chi connectivity index (χ1v) is 9.07. The number of hydrogen-bond donors (Lipinski definition) is 0. The van der Waals surface area contributed by atoms with E-state index in [-0.39, 0.29) is 28.1 Å². The minimum Gasteiger partial charge on any atom is -0.458 e. The molecule has 3 atom stereocenters. The first kappa shape index (κ1) is 21.5. The summed E-state index contributed by atoms with van der Waals surface area (Å²) in [4.78, 5) is 23.9. The third-order valence-corrected chi connectivity index (χ3v) is 6.59. The highest BCUT2D eigenvalue weighted by Gasteiger charge is 2.62. The van der Waals surface area contributed by atoms with E-state index in [1.54, 1.807) is 0 Å². The summed E-state index contributed by atoms with van der Waals surface area (Å²) in [6.07, 6.45) is 1.15. The van der Waals surface area contributed by atoms with Gasteiger partial charge in [-0.2, -0.15) is 8.78 Å². The molecule has 3 unspecified atom stereocenters. The van der Waals surface area contributed by atoms with Gasteiger partial charge in [-0.1, -0.05) is 32.9 Å². The van der Waals surface area contributed by atoms with E-state index in [1.807, 2.05) is 0 Å². The molecular weight excluding hydrogens is 361 g/mol. The maximum atomic E-state index is 12.8. The molecule has 2 saturated carbocycles. The van der Waals surface area contributed by atoms with Crippen molar-refractivity contribution in [3.63, 3.8) is 0 Å². The maximum Gasteiger partial charge on any atom is 0.429 e. The van der Waals surface area contributed by atoms with Crippen LogP contribution in [0.3, 0.4) is 0 Å². The Balaban J connectivity index is 2.00. The Morgan fingerprint density at radius 3 is 2.11 bits per heavy atom. The van der Waals surface area contributed by atoms with Gasteiger partial charge in [0.2, 0.25) is 0 Å². The van der Waals surface area contributed by atoms with Gasteiger partial charge in [0.05, 0.1) is 0 Å². The molecule has 0 aromatic heterocycles. The average molecular weight is 388 g/mol. The Bertz CT molecular complexity index is 681. The summed E-state index contributed by atoms with van der Waals surface area (Å²) in [7, 11) is 0. The Labute approximate surface area is 157 Å². The molecular formula is C20H27F3O4. The topological polar surface area (TPSA) is 52.6 Å². The van der Waals surface area contributed by atoms with Gasteiger partial charge >= 0.3 is 18.0 Å². The van der Waals surface area contributed by atoms with Crippen molar-refractivity contribution in [3.8, 4) is 0 Å². The first-order valence-electron chi connectivity index (χ1n) is 9.07. The van der Waals surface area contributed by atoms with E-state index in [1.165, 1.54) is 26.0 Å². The summed E-state index contributed by atoms with van der Waals surface area (Å²) in [5, 5.41) is 0. The van der Waals surface area contributed by atoms with Crippen LogP contribution in [0.4, 0.5) is 13.2 Å². The van der Waals surface area contributed by atoms with Gasteiger partial charge in [-0.3, -0.25) is 0 Å².